The summed E-state index contributed by atoms with van der Waals surface area (Å²) in [5.41, 5.74) is 6.57. The van der Waals surface area contributed by atoms with E-state index < -0.39 is 24.5 Å². The third kappa shape index (κ3) is 3.90. The second-order valence-electron chi connectivity index (χ2n) is 5.04. The van der Waals surface area contributed by atoms with Gasteiger partial charge in [-0.1, -0.05) is 30.3 Å². The molecule has 1 aromatic rings. The summed E-state index contributed by atoms with van der Waals surface area (Å²) in [6, 6.07) is 8.78. The number of hydrogen-bond acceptors (Lipinski definition) is 3. The van der Waals surface area contributed by atoms with Gasteiger partial charge in [0.25, 0.3) is 0 Å². The first-order valence-corrected chi connectivity index (χ1v) is 6.55. The lowest BCUT2D eigenvalue weighted by Crippen LogP contribution is -2.51. The van der Waals surface area contributed by atoms with Crippen molar-refractivity contribution in [2.45, 2.75) is 25.5 Å². The molecule has 0 unspecified atom stereocenters. The molecule has 2 rings (SSSR count). The maximum Gasteiger partial charge on any atom is 0.410 e. The fourth-order valence-electron chi connectivity index (χ4n) is 2.32. The van der Waals surface area contributed by atoms with Gasteiger partial charge >= 0.3 is 6.09 Å². The lowest BCUT2D eigenvalue weighted by Gasteiger charge is -2.35. The molecule has 4 nitrogen and oxygen atoms in total. The van der Waals surface area contributed by atoms with E-state index in [0.717, 1.165) is 5.56 Å². The lowest BCUT2D eigenvalue weighted by molar-refractivity contribution is 0.0154. The smallest absolute Gasteiger partial charge is 0.410 e. The highest BCUT2D eigenvalue weighted by Crippen LogP contribution is 2.22. The van der Waals surface area contributed by atoms with Crippen LogP contribution in [0.2, 0.25) is 0 Å². The van der Waals surface area contributed by atoms with Crippen LogP contribution < -0.4 is 5.73 Å². The van der Waals surface area contributed by atoms with E-state index in [0.29, 0.717) is 0 Å². The number of benzene rings is 1. The van der Waals surface area contributed by atoms with Crippen LogP contribution in [-0.2, 0) is 11.3 Å². The molecule has 1 aliphatic heterocycles. The molecule has 1 amide bonds. The van der Waals surface area contributed by atoms with Gasteiger partial charge in [0.15, 0.2) is 0 Å². The maximum absolute atomic E-state index is 12.7. The van der Waals surface area contributed by atoms with Crippen molar-refractivity contribution in [3.8, 4) is 0 Å². The van der Waals surface area contributed by atoms with Crippen LogP contribution in [0.3, 0.4) is 0 Å². The minimum absolute atomic E-state index is 0.00100. The largest absolute Gasteiger partial charge is 0.445 e. The first-order chi connectivity index (χ1) is 9.56. The average molecular weight is 284 g/mol. The highest BCUT2D eigenvalue weighted by atomic mass is 19.3. The Morgan fingerprint density at radius 3 is 2.70 bits per heavy atom. The van der Waals surface area contributed by atoms with Gasteiger partial charge in [-0.05, 0) is 12.0 Å². The van der Waals surface area contributed by atoms with E-state index in [2.05, 4.69) is 0 Å². The Kier molecular flexibility index (Phi) is 4.89. The van der Waals surface area contributed by atoms with Gasteiger partial charge in [-0.15, -0.1) is 0 Å². The standard InChI is InChI=1S/C14H18F2N2O2/c15-13(16)11-6-12(17)8-18(7-11)14(19)20-9-10-4-2-1-3-5-10/h1-5,11-13H,6-9,17H2/t11-,12+/m0/s1. The Morgan fingerprint density at radius 2 is 2.05 bits per heavy atom. The first kappa shape index (κ1) is 14.7. The third-order valence-corrected chi connectivity index (χ3v) is 3.33. The number of halogens is 2. The van der Waals surface area contributed by atoms with Gasteiger partial charge in [-0.2, -0.15) is 0 Å². The van der Waals surface area contributed by atoms with Crippen molar-refractivity contribution in [3.63, 3.8) is 0 Å². The summed E-state index contributed by atoms with van der Waals surface area (Å²) in [5.74, 6) is -0.872. The Bertz CT molecular complexity index is 442. The number of ether oxygens (including phenoxy) is 1. The molecule has 1 fully saturated rings. The Balaban J connectivity index is 1.88. The molecule has 20 heavy (non-hydrogen) atoms. The summed E-state index contributed by atoms with van der Waals surface area (Å²) in [6.45, 7) is 0.389. The zero-order valence-electron chi connectivity index (χ0n) is 11.0. The molecule has 0 spiro atoms. The molecule has 6 heteroatoms. The van der Waals surface area contributed by atoms with Crippen molar-refractivity contribution in [1.29, 1.82) is 0 Å². The number of carbonyl (C=O) groups excluding carboxylic acids is 1. The second-order valence-corrected chi connectivity index (χ2v) is 5.04. The number of carbonyl (C=O) groups is 1. The van der Waals surface area contributed by atoms with Gasteiger partial charge in [0, 0.05) is 25.0 Å². The van der Waals surface area contributed by atoms with Crippen molar-refractivity contribution in [2.24, 2.45) is 11.7 Å². The van der Waals surface area contributed by atoms with Crippen LogP contribution in [0.25, 0.3) is 0 Å². The maximum atomic E-state index is 12.7. The van der Waals surface area contributed by atoms with Gasteiger partial charge < -0.3 is 15.4 Å². The van der Waals surface area contributed by atoms with E-state index in [4.69, 9.17) is 10.5 Å². The molecule has 0 bridgehead atoms. The van der Waals surface area contributed by atoms with E-state index in [-0.39, 0.29) is 26.1 Å². The van der Waals surface area contributed by atoms with E-state index in [9.17, 15) is 13.6 Å². The van der Waals surface area contributed by atoms with Gasteiger partial charge in [-0.25, -0.2) is 13.6 Å². The summed E-state index contributed by atoms with van der Waals surface area (Å²) in [7, 11) is 0. The molecule has 1 heterocycles. The normalized spacial score (nSPS) is 22.9. The molecule has 1 aliphatic rings. The third-order valence-electron chi connectivity index (χ3n) is 3.33. The number of nitrogens with zero attached hydrogens (tertiary/aromatic N) is 1. The minimum atomic E-state index is -2.47. The van der Waals surface area contributed by atoms with E-state index in [1.807, 2.05) is 30.3 Å². The zero-order valence-corrected chi connectivity index (χ0v) is 11.0. The predicted molar refractivity (Wildman–Crippen MR) is 70.3 cm³/mol. The molecule has 2 N–H and O–H groups in total. The molecule has 2 atom stereocenters. The van der Waals surface area contributed by atoms with Gasteiger partial charge in [0.05, 0.1) is 0 Å². The molecular weight excluding hydrogens is 266 g/mol. The summed E-state index contributed by atoms with van der Waals surface area (Å²) in [6.07, 6.45) is -2.82. The summed E-state index contributed by atoms with van der Waals surface area (Å²) in [5, 5.41) is 0. The van der Waals surface area contributed by atoms with Crippen LogP contribution in [0, 0.1) is 5.92 Å². The monoisotopic (exact) mass is 284 g/mol. The number of likely N-dealkylation sites (tertiary alicyclic amines) is 1. The van der Waals surface area contributed by atoms with Crippen LogP contribution in [0.5, 0.6) is 0 Å². The molecule has 1 aromatic carbocycles. The van der Waals surface area contributed by atoms with Crippen molar-refractivity contribution in [3.05, 3.63) is 35.9 Å². The SMILES string of the molecule is N[C@@H]1C[C@H](C(F)F)CN(C(=O)OCc2ccccc2)C1. The Labute approximate surface area is 116 Å². The van der Waals surface area contributed by atoms with Crippen molar-refractivity contribution < 1.29 is 18.3 Å². The topological polar surface area (TPSA) is 55.6 Å². The van der Waals surface area contributed by atoms with E-state index >= 15 is 0 Å². The number of hydrogen-bond donors (Lipinski definition) is 1. The Morgan fingerprint density at radius 1 is 1.35 bits per heavy atom. The molecule has 1 saturated heterocycles. The molecule has 110 valence electrons. The molecule has 0 aliphatic carbocycles. The van der Waals surface area contributed by atoms with Crippen molar-refractivity contribution in [1.82, 2.24) is 4.90 Å². The summed E-state index contributed by atoms with van der Waals surface area (Å²) >= 11 is 0. The summed E-state index contributed by atoms with van der Waals surface area (Å²) < 4.78 is 30.6. The fourth-order valence-corrected chi connectivity index (χ4v) is 2.32. The molecule has 0 saturated carbocycles. The zero-order chi connectivity index (χ0) is 14.5. The quantitative estimate of drug-likeness (QED) is 0.926. The minimum Gasteiger partial charge on any atom is -0.445 e. The number of amides is 1. The lowest BCUT2D eigenvalue weighted by atomic mass is 9.95. The van der Waals surface area contributed by atoms with Gasteiger partial charge in [0.1, 0.15) is 6.61 Å². The molecular formula is C14H18F2N2O2. The number of rotatable bonds is 3. The van der Waals surface area contributed by atoms with Crippen LogP contribution in [0.4, 0.5) is 13.6 Å². The van der Waals surface area contributed by atoms with Crippen LogP contribution >= 0.6 is 0 Å². The highest BCUT2D eigenvalue weighted by molar-refractivity contribution is 5.67. The second kappa shape index (κ2) is 6.65. The van der Waals surface area contributed by atoms with Crippen molar-refractivity contribution >= 4 is 6.09 Å². The molecule has 0 aromatic heterocycles. The highest BCUT2D eigenvalue weighted by Gasteiger charge is 2.33. The molecule has 0 radical (unpaired) electrons. The van der Waals surface area contributed by atoms with Crippen LogP contribution in [-0.4, -0.2) is 36.5 Å². The Hall–Kier alpha value is -1.69. The van der Waals surface area contributed by atoms with Gasteiger partial charge in [-0.3, -0.25) is 0 Å². The van der Waals surface area contributed by atoms with Crippen LogP contribution in [0.1, 0.15) is 12.0 Å². The fraction of sp³-hybridized carbons (Fsp3) is 0.500. The predicted octanol–water partition coefficient (Wildman–Crippen LogP) is 2.24. The van der Waals surface area contributed by atoms with Crippen molar-refractivity contribution in [2.75, 3.05) is 13.1 Å². The number of nitrogens with two attached hydrogens (primary N) is 1. The number of piperidine rings is 1. The number of alkyl halides is 2. The first-order valence-electron chi connectivity index (χ1n) is 6.55. The van der Waals surface area contributed by atoms with E-state index in [1.54, 1.807) is 0 Å². The van der Waals surface area contributed by atoms with E-state index in [1.165, 1.54) is 4.90 Å². The van der Waals surface area contributed by atoms with Crippen LogP contribution in [0.15, 0.2) is 30.3 Å². The average Bonchev–Trinajstić information content (AvgIpc) is 2.45. The summed E-state index contributed by atoms with van der Waals surface area (Å²) in [4.78, 5) is 13.2. The van der Waals surface area contributed by atoms with Gasteiger partial charge in [0.2, 0.25) is 6.43 Å².